The molecule has 2 rings (SSSR count). The van der Waals surface area contributed by atoms with Crippen molar-refractivity contribution in [2.75, 3.05) is 55.5 Å². The number of ether oxygens (including phenoxy) is 1. The van der Waals surface area contributed by atoms with Crippen LogP contribution < -0.4 is 0 Å². The molecule has 0 radical (unpaired) electrons. The molecule has 0 aliphatic heterocycles. The second-order valence-corrected chi connectivity index (χ2v) is 11.1. The molecule has 7 nitrogen and oxygen atoms in total. The Morgan fingerprint density at radius 2 is 1.20 bits per heavy atom. The van der Waals surface area contributed by atoms with Gasteiger partial charge in [0.2, 0.25) is 0 Å². The van der Waals surface area contributed by atoms with E-state index in [1.54, 1.807) is 11.8 Å². The lowest BCUT2D eigenvalue weighted by molar-refractivity contribution is 0.167. The molecule has 0 aromatic carbocycles. The van der Waals surface area contributed by atoms with Crippen LogP contribution in [0.4, 0.5) is 0 Å². The average Bonchev–Trinajstić information content (AvgIpc) is 2.80. The summed E-state index contributed by atoms with van der Waals surface area (Å²) in [5.41, 5.74) is 2.64. The van der Waals surface area contributed by atoms with Gasteiger partial charge in [0.15, 0.2) is 0 Å². The monoisotopic (exact) mass is 572 g/mol. The summed E-state index contributed by atoms with van der Waals surface area (Å²) < 4.78 is 5.64. The molecular formula is C24H48N2O5S4. The lowest BCUT2D eigenvalue weighted by Gasteiger charge is -2.05. The van der Waals surface area contributed by atoms with Gasteiger partial charge in [-0.25, -0.2) is 0 Å². The maximum absolute atomic E-state index is 8.09. The summed E-state index contributed by atoms with van der Waals surface area (Å²) in [4.78, 5) is 8.03. The van der Waals surface area contributed by atoms with Crippen molar-refractivity contribution in [1.29, 1.82) is 0 Å². The number of hydrogen-bond donors (Lipinski definition) is 2. The van der Waals surface area contributed by atoms with Crippen molar-refractivity contribution in [3.05, 3.63) is 60.2 Å². The molecule has 0 aliphatic rings. The topological polar surface area (TPSA) is 138 Å². The van der Waals surface area contributed by atoms with Gasteiger partial charge in [0.05, 0.1) is 25.8 Å². The van der Waals surface area contributed by atoms with Gasteiger partial charge in [0.25, 0.3) is 0 Å². The Hall–Kier alpha value is -0.630. The number of aromatic nitrogens is 2. The predicted molar refractivity (Wildman–Crippen MR) is 165 cm³/mol. The molecule has 0 spiro atoms. The molecular weight excluding hydrogens is 525 g/mol. The summed E-state index contributed by atoms with van der Waals surface area (Å²) >= 11 is 5.45. The van der Waals surface area contributed by atoms with Crippen molar-refractivity contribution in [3.8, 4) is 0 Å². The maximum Gasteiger partial charge on any atom is 0.0831 e. The Kier molecular flexibility index (Phi) is 45.0. The predicted octanol–water partition coefficient (Wildman–Crippen LogP) is 3.89. The molecule has 0 saturated heterocycles. The highest BCUT2D eigenvalue weighted by Crippen LogP contribution is 2.12. The number of thioether (sulfide) groups is 3. The van der Waals surface area contributed by atoms with Crippen LogP contribution in [0.5, 0.6) is 0 Å². The second kappa shape index (κ2) is 35.5. The fourth-order valence-electron chi connectivity index (χ4n) is 1.77. The van der Waals surface area contributed by atoms with E-state index in [-0.39, 0.29) is 42.2 Å². The molecule has 0 fully saturated rings. The molecule has 0 aliphatic carbocycles. The number of aliphatic hydroxyl groups excluding tert-OH is 2. The van der Waals surface area contributed by atoms with Crippen LogP contribution in [0, 0.1) is 0 Å². The third-order valence-electron chi connectivity index (χ3n) is 3.30. The van der Waals surface area contributed by atoms with Crippen LogP contribution in [0.2, 0.25) is 0 Å². The Labute approximate surface area is 228 Å². The number of hydrogen-bond acceptors (Lipinski definition) is 8. The Bertz CT molecular complexity index is 597. The second-order valence-electron chi connectivity index (χ2n) is 6.06. The molecule has 208 valence electrons. The van der Waals surface area contributed by atoms with Gasteiger partial charge in [-0.2, -0.15) is 45.8 Å². The lowest BCUT2D eigenvalue weighted by Crippen LogP contribution is -2.02. The molecule has 35 heavy (non-hydrogen) atoms. The van der Waals surface area contributed by atoms with Gasteiger partial charge in [-0.3, -0.25) is 9.97 Å². The minimum atomic E-state index is -0.0170. The van der Waals surface area contributed by atoms with E-state index in [1.807, 2.05) is 60.8 Å². The van der Waals surface area contributed by atoms with Gasteiger partial charge >= 0.3 is 0 Å². The summed E-state index contributed by atoms with van der Waals surface area (Å²) in [6.07, 6.45) is 11.2. The van der Waals surface area contributed by atoms with Crippen LogP contribution in [0.15, 0.2) is 49.1 Å². The molecule has 1 atom stereocenters. The average molecular weight is 573 g/mol. The van der Waals surface area contributed by atoms with E-state index in [4.69, 9.17) is 14.9 Å². The van der Waals surface area contributed by atoms with E-state index in [9.17, 15) is 0 Å². The highest BCUT2D eigenvalue weighted by atomic mass is 32.2. The minimum absolute atomic E-state index is 0. The van der Waals surface area contributed by atoms with Crippen LogP contribution in [0.1, 0.15) is 26.0 Å². The smallest absolute Gasteiger partial charge is 0.0831 e. The van der Waals surface area contributed by atoms with Crippen LogP contribution in [-0.4, -0.2) is 92.5 Å². The van der Waals surface area contributed by atoms with Gasteiger partial charge in [-0.05, 0) is 47.9 Å². The minimum Gasteiger partial charge on any atom is -0.412 e. The highest BCUT2D eigenvalue weighted by Gasteiger charge is 1.95. The molecule has 11 heteroatoms. The Morgan fingerprint density at radius 3 is 1.46 bits per heavy atom. The van der Waals surface area contributed by atoms with Crippen LogP contribution in [-0.2, 0) is 16.2 Å². The van der Waals surface area contributed by atoms with E-state index < -0.39 is 0 Å². The first-order valence-corrected chi connectivity index (χ1v) is 15.4. The Balaban J connectivity index is -0.000000184. The van der Waals surface area contributed by atoms with Crippen LogP contribution >= 0.6 is 45.8 Å². The van der Waals surface area contributed by atoms with E-state index in [0.29, 0.717) is 6.61 Å². The highest BCUT2D eigenvalue weighted by molar-refractivity contribution is 8.13. The molecule has 1 unspecified atom stereocenters. The van der Waals surface area contributed by atoms with Crippen LogP contribution in [0.25, 0.3) is 0 Å². The fraction of sp³-hybridized carbons (Fsp3) is 0.542. The first-order chi connectivity index (χ1) is 15.1. The van der Waals surface area contributed by atoms with Gasteiger partial charge in [0, 0.05) is 53.6 Å². The zero-order chi connectivity index (χ0) is 23.0. The summed E-state index contributed by atoms with van der Waals surface area (Å²) in [5.74, 6) is 8.76. The van der Waals surface area contributed by atoms with Gasteiger partial charge in [-0.1, -0.05) is 20.7 Å². The third kappa shape index (κ3) is 33.4. The zero-order valence-electron chi connectivity index (χ0n) is 19.5. The molecule has 6 N–H and O–H groups in total. The zero-order valence-corrected chi connectivity index (χ0v) is 22.8. The Morgan fingerprint density at radius 1 is 0.829 bits per heavy atom. The summed E-state index contributed by atoms with van der Waals surface area (Å²) in [7, 11) is -0.0170. The number of nitrogens with zero attached hydrogens (tertiary/aromatic N) is 2. The fourth-order valence-corrected chi connectivity index (χ4v) is 3.57. The largest absolute Gasteiger partial charge is 0.412 e. The number of pyridine rings is 2. The quantitative estimate of drug-likeness (QED) is 0.272. The molecule has 2 aromatic rings. The van der Waals surface area contributed by atoms with Gasteiger partial charge < -0.3 is 25.9 Å². The molecule has 2 heterocycles. The molecule has 0 amide bonds. The SMILES string of the molecule is C.C.C=S(C)CO.CSCCO.O.O.c1cc(CSCCOCCSCc2ccncc2)ccn1. The van der Waals surface area contributed by atoms with Crippen molar-refractivity contribution in [2.24, 2.45) is 0 Å². The van der Waals surface area contributed by atoms with Crippen molar-refractivity contribution in [2.45, 2.75) is 26.4 Å². The summed E-state index contributed by atoms with van der Waals surface area (Å²) in [6, 6.07) is 8.24. The first-order valence-electron chi connectivity index (χ1n) is 9.77. The summed E-state index contributed by atoms with van der Waals surface area (Å²) in [5, 5.41) is 16.1. The van der Waals surface area contributed by atoms with Gasteiger partial charge in [-0.15, -0.1) is 0 Å². The van der Waals surface area contributed by atoms with Crippen molar-refractivity contribution in [1.82, 2.24) is 9.97 Å². The first kappa shape index (κ1) is 44.4. The van der Waals surface area contributed by atoms with Crippen molar-refractivity contribution >= 4 is 51.6 Å². The van der Waals surface area contributed by atoms with Crippen molar-refractivity contribution in [3.63, 3.8) is 0 Å². The number of rotatable bonds is 13. The maximum atomic E-state index is 8.09. The standard InChI is InChI=1S/C16H20N2OS2.2C3H8OS.2CH4.2H2O/c1-5-17-6-2-15(1)13-20-11-9-19-10-12-21-14-16-3-7-18-8-4-16;1-5(2)3-4;1-5-3-2-4;;;;/h1-8H,9-14H2;4H,1,3H2,2H3;4H,2-3H2,1H3;2*1H4;2*1H2. The lowest BCUT2D eigenvalue weighted by atomic mass is 10.3. The van der Waals surface area contributed by atoms with Crippen LogP contribution in [0.3, 0.4) is 0 Å². The third-order valence-corrected chi connectivity index (χ3v) is 6.31. The normalized spacial score (nSPS) is 9.71. The van der Waals surface area contributed by atoms with Crippen molar-refractivity contribution < 1.29 is 25.9 Å². The van der Waals surface area contributed by atoms with E-state index in [2.05, 4.69) is 40.1 Å². The molecule has 2 aromatic heterocycles. The van der Waals surface area contributed by atoms with E-state index in [1.165, 1.54) is 11.1 Å². The van der Waals surface area contributed by atoms with E-state index in [0.717, 1.165) is 42.0 Å². The van der Waals surface area contributed by atoms with E-state index >= 15 is 0 Å². The summed E-state index contributed by atoms with van der Waals surface area (Å²) in [6.45, 7) is 1.96. The molecule has 0 bridgehead atoms. The van der Waals surface area contributed by atoms with Gasteiger partial charge in [0.1, 0.15) is 0 Å². The number of aliphatic hydroxyl groups is 2. The molecule has 0 saturated carbocycles.